The lowest BCUT2D eigenvalue weighted by molar-refractivity contribution is -0.938. The van der Waals surface area contributed by atoms with Crippen LogP contribution < -0.4 is 10.2 Å². The topological polar surface area (TPSA) is 76.7 Å². The van der Waals surface area contributed by atoms with Gasteiger partial charge in [0, 0.05) is 24.5 Å². The van der Waals surface area contributed by atoms with Crippen LogP contribution in [0.5, 0.6) is 0 Å². The number of carbonyl (C=O) groups excluding carboxylic acids is 1. The number of hydrogen-bond donors (Lipinski definition) is 2. The van der Waals surface area contributed by atoms with Crippen LogP contribution in [-0.4, -0.2) is 22.9 Å². The zero-order valence-electron chi connectivity index (χ0n) is 14.4. The fourth-order valence-electron chi connectivity index (χ4n) is 3.09. The number of nitrogens with zero attached hydrogens (tertiary/aromatic N) is 1. The number of amides is 1. The molecule has 2 N–H and O–H groups in total. The Hall–Kier alpha value is -2.80. The number of para-hydroxylation sites is 2. The Morgan fingerprint density at radius 3 is 2.54 bits per heavy atom. The van der Waals surface area contributed by atoms with Crippen LogP contribution in [0.3, 0.4) is 0 Å². The highest BCUT2D eigenvalue weighted by molar-refractivity contribution is 5.95. The second-order valence-corrected chi connectivity index (χ2v) is 6.64. The van der Waals surface area contributed by atoms with Crippen molar-refractivity contribution in [2.75, 3.05) is 5.32 Å². The van der Waals surface area contributed by atoms with Crippen LogP contribution in [0.1, 0.15) is 25.3 Å². The quantitative estimate of drug-likeness (QED) is 0.589. The molecular formula is C19H21FN3O3+. The molecule has 0 spiro atoms. The first kappa shape index (κ1) is 18.0. The molecule has 0 heterocycles. The predicted molar refractivity (Wildman–Crippen MR) is 95.3 cm³/mol. The maximum absolute atomic E-state index is 13.1. The number of quaternary nitrogens is 1. The lowest BCUT2D eigenvalue weighted by Crippen LogP contribution is -3.16. The fourth-order valence-corrected chi connectivity index (χ4v) is 3.09. The van der Waals surface area contributed by atoms with E-state index in [1.807, 2.05) is 6.92 Å². The molecule has 26 heavy (non-hydrogen) atoms. The summed E-state index contributed by atoms with van der Waals surface area (Å²) < 4.78 is 13.1. The van der Waals surface area contributed by atoms with Gasteiger partial charge in [-0.1, -0.05) is 24.3 Å². The summed E-state index contributed by atoms with van der Waals surface area (Å²) in [6, 6.07) is 12.4. The number of nitrogens with one attached hydrogen (secondary N) is 2. The van der Waals surface area contributed by atoms with Crippen LogP contribution in [0.25, 0.3) is 0 Å². The maximum atomic E-state index is 13.1. The molecule has 6 nitrogen and oxygen atoms in total. The third-order valence-corrected chi connectivity index (χ3v) is 4.73. The van der Waals surface area contributed by atoms with Gasteiger partial charge in [0.05, 0.1) is 11.0 Å². The number of nitro benzene ring substituents is 1. The zero-order chi connectivity index (χ0) is 18.7. The van der Waals surface area contributed by atoms with Crippen molar-refractivity contribution in [2.24, 2.45) is 0 Å². The zero-order valence-corrected chi connectivity index (χ0v) is 14.4. The highest BCUT2D eigenvalue weighted by Crippen LogP contribution is 2.23. The van der Waals surface area contributed by atoms with E-state index in [0.29, 0.717) is 12.6 Å². The Bertz CT molecular complexity index is 806. The molecule has 1 fully saturated rings. The van der Waals surface area contributed by atoms with Crippen molar-refractivity contribution in [3.8, 4) is 0 Å². The maximum Gasteiger partial charge on any atom is 0.292 e. The van der Waals surface area contributed by atoms with Gasteiger partial charge in [0.25, 0.3) is 11.6 Å². The van der Waals surface area contributed by atoms with E-state index >= 15 is 0 Å². The van der Waals surface area contributed by atoms with Gasteiger partial charge < -0.3 is 10.2 Å². The van der Waals surface area contributed by atoms with Gasteiger partial charge in [0.15, 0.2) is 6.04 Å². The van der Waals surface area contributed by atoms with Crippen LogP contribution in [0, 0.1) is 15.9 Å². The molecule has 0 radical (unpaired) electrons. The van der Waals surface area contributed by atoms with Crippen molar-refractivity contribution in [1.82, 2.24) is 0 Å². The molecule has 1 aliphatic carbocycles. The van der Waals surface area contributed by atoms with Gasteiger partial charge in [-0.15, -0.1) is 0 Å². The minimum atomic E-state index is -0.510. The Balaban J connectivity index is 1.73. The first-order valence-electron chi connectivity index (χ1n) is 8.60. The van der Waals surface area contributed by atoms with E-state index in [2.05, 4.69) is 5.32 Å². The molecule has 3 rings (SSSR count). The molecule has 0 aromatic heterocycles. The van der Waals surface area contributed by atoms with Crippen molar-refractivity contribution in [3.05, 3.63) is 70.0 Å². The molecule has 136 valence electrons. The van der Waals surface area contributed by atoms with Gasteiger partial charge in [-0.2, -0.15) is 0 Å². The number of hydrogen-bond acceptors (Lipinski definition) is 3. The van der Waals surface area contributed by atoms with E-state index in [4.69, 9.17) is 0 Å². The van der Waals surface area contributed by atoms with Gasteiger partial charge in [-0.05, 0) is 25.1 Å². The summed E-state index contributed by atoms with van der Waals surface area (Å²) in [5, 5.41) is 13.8. The number of benzene rings is 2. The molecule has 2 aromatic carbocycles. The van der Waals surface area contributed by atoms with Crippen LogP contribution in [0.2, 0.25) is 0 Å². The first-order chi connectivity index (χ1) is 12.5. The van der Waals surface area contributed by atoms with Gasteiger partial charge in [-0.25, -0.2) is 4.39 Å². The SMILES string of the molecule is C[C@@H](C(=O)Nc1ccccc1[N+](=O)[O-])[NH+](Cc1ccc(F)cc1)C1CC1. The van der Waals surface area contributed by atoms with E-state index < -0.39 is 4.92 Å². The van der Waals surface area contributed by atoms with Crippen LogP contribution in [-0.2, 0) is 11.3 Å². The molecule has 0 aliphatic heterocycles. The van der Waals surface area contributed by atoms with Crippen molar-refractivity contribution in [3.63, 3.8) is 0 Å². The summed E-state index contributed by atoms with van der Waals surface area (Å²) in [6.45, 7) is 2.43. The Morgan fingerprint density at radius 2 is 1.92 bits per heavy atom. The summed E-state index contributed by atoms with van der Waals surface area (Å²) >= 11 is 0. The average molecular weight is 358 g/mol. The van der Waals surface area contributed by atoms with E-state index in [1.165, 1.54) is 24.3 Å². The Labute approximate surface area is 150 Å². The van der Waals surface area contributed by atoms with E-state index in [9.17, 15) is 19.3 Å². The summed E-state index contributed by atoms with van der Waals surface area (Å²) in [5.74, 6) is -0.549. The lowest BCUT2D eigenvalue weighted by atomic mass is 10.1. The largest absolute Gasteiger partial charge is 0.319 e. The van der Waals surface area contributed by atoms with Crippen molar-refractivity contribution < 1.29 is 19.0 Å². The average Bonchev–Trinajstić information content (AvgIpc) is 3.46. The molecule has 7 heteroatoms. The van der Waals surface area contributed by atoms with Crippen molar-refractivity contribution in [2.45, 2.75) is 38.4 Å². The number of rotatable bonds is 7. The number of carbonyl (C=O) groups is 1. The Kier molecular flexibility index (Phi) is 5.27. The van der Waals surface area contributed by atoms with Crippen LogP contribution >= 0.6 is 0 Å². The molecule has 2 atom stereocenters. The van der Waals surface area contributed by atoms with Crippen LogP contribution in [0.4, 0.5) is 15.8 Å². The first-order valence-corrected chi connectivity index (χ1v) is 8.60. The van der Waals surface area contributed by atoms with E-state index in [1.54, 1.807) is 24.3 Å². The van der Waals surface area contributed by atoms with Gasteiger partial charge in [-0.3, -0.25) is 14.9 Å². The molecule has 1 aliphatic rings. The third-order valence-electron chi connectivity index (χ3n) is 4.73. The molecule has 2 aromatic rings. The third kappa shape index (κ3) is 4.23. The van der Waals surface area contributed by atoms with Crippen molar-refractivity contribution >= 4 is 17.3 Å². The smallest absolute Gasteiger partial charge is 0.292 e. The summed E-state index contributed by atoms with van der Waals surface area (Å²) in [6.07, 6.45) is 2.08. The predicted octanol–water partition coefficient (Wildman–Crippen LogP) is 2.31. The monoisotopic (exact) mass is 358 g/mol. The summed E-state index contributed by atoms with van der Waals surface area (Å²) in [4.78, 5) is 24.4. The molecular weight excluding hydrogens is 337 g/mol. The Morgan fingerprint density at radius 1 is 1.27 bits per heavy atom. The van der Waals surface area contributed by atoms with Gasteiger partial charge in [0.2, 0.25) is 0 Å². The lowest BCUT2D eigenvalue weighted by Gasteiger charge is -2.25. The van der Waals surface area contributed by atoms with Gasteiger partial charge in [0.1, 0.15) is 18.0 Å². The highest BCUT2D eigenvalue weighted by atomic mass is 19.1. The van der Waals surface area contributed by atoms with E-state index in [-0.39, 0.29) is 29.1 Å². The van der Waals surface area contributed by atoms with Gasteiger partial charge >= 0.3 is 0 Å². The minimum absolute atomic E-state index is 0.125. The normalized spacial score (nSPS) is 15.9. The molecule has 0 saturated heterocycles. The summed E-state index contributed by atoms with van der Waals surface area (Å²) in [5.41, 5.74) is 1.03. The highest BCUT2D eigenvalue weighted by Gasteiger charge is 2.39. The second-order valence-electron chi connectivity index (χ2n) is 6.64. The second kappa shape index (κ2) is 7.61. The summed E-state index contributed by atoms with van der Waals surface area (Å²) in [7, 11) is 0. The molecule has 1 amide bonds. The number of nitro groups is 1. The molecule has 0 bridgehead atoms. The minimum Gasteiger partial charge on any atom is -0.319 e. The van der Waals surface area contributed by atoms with Crippen LogP contribution in [0.15, 0.2) is 48.5 Å². The number of halogens is 1. The van der Waals surface area contributed by atoms with Crippen molar-refractivity contribution in [1.29, 1.82) is 0 Å². The molecule has 1 saturated carbocycles. The fraction of sp³-hybridized carbons (Fsp3) is 0.316. The number of anilines is 1. The molecule has 1 unspecified atom stereocenters. The van der Waals surface area contributed by atoms with E-state index in [0.717, 1.165) is 23.3 Å². The standard InChI is InChI=1S/C19H20FN3O3/c1-13(19(24)21-17-4-2-3-5-18(17)23(25)26)22(16-10-11-16)12-14-6-8-15(20)9-7-14/h2-9,13,16H,10-12H2,1H3,(H,21,24)/p+1/t13-/m0/s1.